The van der Waals surface area contributed by atoms with Crippen LogP contribution < -0.4 is 10.6 Å². The fourth-order valence-electron chi connectivity index (χ4n) is 3.41. The highest BCUT2D eigenvalue weighted by Gasteiger charge is 2.37. The third-order valence-electron chi connectivity index (χ3n) is 4.95. The number of carbonyl (C=O) groups is 5. The first kappa shape index (κ1) is 26.7. The van der Waals surface area contributed by atoms with E-state index < -0.39 is 23.6 Å². The Hall–Kier alpha value is -2.57. The maximum Gasteiger partial charge on any atom is 0.407 e. The van der Waals surface area contributed by atoms with Crippen molar-refractivity contribution in [2.75, 3.05) is 52.6 Å². The van der Waals surface area contributed by atoms with E-state index in [4.69, 9.17) is 14.2 Å². The van der Waals surface area contributed by atoms with Crippen molar-refractivity contribution < 1.29 is 38.2 Å². The van der Waals surface area contributed by atoms with Gasteiger partial charge in [0, 0.05) is 26.1 Å². The average molecular weight is 471 g/mol. The van der Waals surface area contributed by atoms with Crippen LogP contribution in [-0.4, -0.2) is 104 Å². The molecule has 12 nitrogen and oxygen atoms in total. The number of piperidine rings is 1. The van der Waals surface area contributed by atoms with Crippen molar-refractivity contribution >= 4 is 29.7 Å². The highest BCUT2D eigenvalue weighted by molar-refractivity contribution is 6.01. The fourth-order valence-corrected chi connectivity index (χ4v) is 3.41. The normalized spacial score (nSPS) is 19.9. The molecule has 0 aliphatic carbocycles. The van der Waals surface area contributed by atoms with Gasteiger partial charge in [0.2, 0.25) is 23.6 Å². The van der Waals surface area contributed by atoms with Crippen molar-refractivity contribution in [2.24, 2.45) is 0 Å². The second-order valence-electron chi connectivity index (χ2n) is 8.78. The summed E-state index contributed by atoms with van der Waals surface area (Å²) in [7, 11) is 0. The molecule has 2 fully saturated rings. The third-order valence-corrected chi connectivity index (χ3v) is 4.95. The molecule has 0 radical (unpaired) electrons. The topological polar surface area (TPSA) is 144 Å². The number of alkyl carbamates (subject to hydrolysis) is 1. The Morgan fingerprint density at radius 3 is 2.39 bits per heavy atom. The molecule has 5 amide bonds. The molecule has 0 aromatic heterocycles. The Morgan fingerprint density at radius 2 is 1.76 bits per heavy atom. The van der Waals surface area contributed by atoms with Crippen molar-refractivity contribution in [2.45, 2.75) is 51.7 Å². The molecule has 2 heterocycles. The first-order valence-corrected chi connectivity index (χ1v) is 11.1. The lowest BCUT2D eigenvalue weighted by Gasteiger charge is -2.38. The number of carbonyl (C=O) groups excluding carboxylic acids is 5. The number of imide groups is 2. The number of piperazine rings is 1. The lowest BCUT2D eigenvalue weighted by atomic mass is 10.0. The summed E-state index contributed by atoms with van der Waals surface area (Å²) in [5.41, 5.74) is -0.554. The Labute approximate surface area is 193 Å². The molecule has 12 heteroatoms. The molecule has 0 saturated carbocycles. The average Bonchev–Trinajstić information content (AvgIpc) is 2.71. The van der Waals surface area contributed by atoms with Crippen LogP contribution >= 0.6 is 0 Å². The quantitative estimate of drug-likeness (QED) is 0.316. The van der Waals surface area contributed by atoms with E-state index in [1.54, 1.807) is 25.7 Å². The van der Waals surface area contributed by atoms with Gasteiger partial charge in [0.1, 0.15) is 5.60 Å². The van der Waals surface area contributed by atoms with E-state index in [0.29, 0.717) is 32.7 Å². The van der Waals surface area contributed by atoms with Crippen LogP contribution in [0.25, 0.3) is 0 Å². The fraction of sp³-hybridized carbons (Fsp3) is 0.762. The molecule has 2 aliphatic rings. The lowest BCUT2D eigenvalue weighted by molar-refractivity contribution is -0.151. The Bertz CT molecular complexity index is 736. The van der Waals surface area contributed by atoms with Gasteiger partial charge in [0.25, 0.3) is 0 Å². The van der Waals surface area contributed by atoms with E-state index in [9.17, 15) is 24.0 Å². The Balaban J connectivity index is 1.53. The number of ether oxygens (including phenoxy) is 3. The second kappa shape index (κ2) is 12.6. The molecule has 0 aromatic rings. The van der Waals surface area contributed by atoms with Gasteiger partial charge in [-0.2, -0.15) is 0 Å². The van der Waals surface area contributed by atoms with Gasteiger partial charge in [0.05, 0.1) is 45.4 Å². The van der Waals surface area contributed by atoms with Crippen LogP contribution in [-0.2, 0) is 33.4 Å². The van der Waals surface area contributed by atoms with Gasteiger partial charge in [0.15, 0.2) is 0 Å². The predicted molar refractivity (Wildman–Crippen MR) is 115 cm³/mol. The van der Waals surface area contributed by atoms with Crippen molar-refractivity contribution in [1.82, 2.24) is 20.4 Å². The van der Waals surface area contributed by atoms with Crippen molar-refractivity contribution in [1.29, 1.82) is 0 Å². The highest BCUT2D eigenvalue weighted by Crippen LogP contribution is 2.16. The smallest absolute Gasteiger partial charge is 0.407 e. The standard InChI is InChI=1S/C21H34N4O8/c1-21(2,3)33-20(30)22-7-11-32-13-12-31-10-6-17(27)25-9-8-24(14-18(25)28)15-4-5-16(26)23-19(15)29/h15H,4-14H2,1-3H3,(H,22,30)(H,23,26,29). The van der Waals surface area contributed by atoms with Crippen molar-refractivity contribution in [3.05, 3.63) is 0 Å². The van der Waals surface area contributed by atoms with E-state index in [2.05, 4.69) is 10.6 Å². The summed E-state index contributed by atoms with van der Waals surface area (Å²) in [6.07, 6.45) is 0.169. The van der Waals surface area contributed by atoms with E-state index in [1.165, 1.54) is 4.90 Å². The summed E-state index contributed by atoms with van der Waals surface area (Å²) >= 11 is 0. The van der Waals surface area contributed by atoms with Gasteiger partial charge in [-0.25, -0.2) is 4.79 Å². The van der Waals surface area contributed by atoms with E-state index in [1.807, 2.05) is 0 Å². The Morgan fingerprint density at radius 1 is 1.06 bits per heavy atom. The molecule has 2 rings (SSSR count). The molecular formula is C21H34N4O8. The van der Waals surface area contributed by atoms with Gasteiger partial charge < -0.3 is 19.5 Å². The first-order chi connectivity index (χ1) is 15.6. The minimum Gasteiger partial charge on any atom is -0.444 e. The number of rotatable bonds is 10. The molecule has 0 bridgehead atoms. The zero-order valence-corrected chi connectivity index (χ0v) is 19.5. The van der Waals surface area contributed by atoms with Gasteiger partial charge >= 0.3 is 6.09 Å². The third kappa shape index (κ3) is 9.44. The predicted octanol–water partition coefficient (Wildman–Crippen LogP) is -0.590. The summed E-state index contributed by atoms with van der Waals surface area (Å²) in [6.45, 7) is 7.22. The van der Waals surface area contributed by atoms with Gasteiger partial charge in [-0.05, 0) is 27.2 Å². The molecular weight excluding hydrogens is 436 g/mol. The van der Waals surface area contributed by atoms with Crippen molar-refractivity contribution in [3.63, 3.8) is 0 Å². The van der Waals surface area contributed by atoms with Crippen LogP contribution in [0.5, 0.6) is 0 Å². The molecule has 186 valence electrons. The molecule has 2 N–H and O–H groups in total. The minimum absolute atomic E-state index is 0.0377. The zero-order valence-electron chi connectivity index (χ0n) is 19.5. The van der Waals surface area contributed by atoms with Crippen LogP contribution in [0.4, 0.5) is 4.79 Å². The summed E-state index contributed by atoms with van der Waals surface area (Å²) in [5, 5.41) is 4.86. The van der Waals surface area contributed by atoms with Crippen LogP contribution in [0.3, 0.4) is 0 Å². The first-order valence-electron chi connectivity index (χ1n) is 11.1. The number of nitrogens with zero attached hydrogens (tertiary/aromatic N) is 2. The van der Waals surface area contributed by atoms with Gasteiger partial charge in [-0.1, -0.05) is 0 Å². The number of hydrogen-bond donors (Lipinski definition) is 2. The number of nitrogens with one attached hydrogen (secondary N) is 2. The molecule has 33 heavy (non-hydrogen) atoms. The largest absolute Gasteiger partial charge is 0.444 e. The summed E-state index contributed by atoms with van der Waals surface area (Å²) < 4.78 is 15.8. The van der Waals surface area contributed by atoms with Gasteiger partial charge in [-0.3, -0.25) is 34.3 Å². The minimum atomic E-state index is -0.554. The van der Waals surface area contributed by atoms with Crippen LogP contribution in [0, 0.1) is 0 Å². The van der Waals surface area contributed by atoms with Crippen LogP contribution in [0.2, 0.25) is 0 Å². The van der Waals surface area contributed by atoms with Crippen molar-refractivity contribution in [3.8, 4) is 0 Å². The maximum absolute atomic E-state index is 12.4. The SMILES string of the molecule is CC(C)(C)OC(=O)NCCOCCOCCC(=O)N1CCN(C2CCC(=O)NC2=O)CC1=O. The molecule has 1 unspecified atom stereocenters. The van der Waals surface area contributed by atoms with Crippen LogP contribution in [0.15, 0.2) is 0 Å². The molecule has 0 aromatic carbocycles. The maximum atomic E-state index is 12.4. The Kier molecular flexibility index (Phi) is 10.2. The van der Waals surface area contributed by atoms with E-state index in [0.717, 1.165) is 0 Å². The lowest BCUT2D eigenvalue weighted by Crippen LogP contribution is -2.60. The molecule has 2 saturated heterocycles. The van der Waals surface area contributed by atoms with E-state index in [-0.39, 0.29) is 56.9 Å². The second-order valence-corrected chi connectivity index (χ2v) is 8.78. The highest BCUT2D eigenvalue weighted by atomic mass is 16.6. The number of amides is 5. The van der Waals surface area contributed by atoms with Gasteiger partial charge in [-0.15, -0.1) is 0 Å². The number of hydrogen-bond acceptors (Lipinski definition) is 9. The molecule has 2 aliphatic heterocycles. The molecule has 1 atom stereocenters. The monoisotopic (exact) mass is 470 g/mol. The van der Waals surface area contributed by atoms with Crippen LogP contribution in [0.1, 0.15) is 40.0 Å². The summed E-state index contributed by atoms with van der Waals surface area (Å²) in [5.74, 6) is -1.39. The summed E-state index contributed by atoms with van der Waals surface area (Å²) in [6, 6.07) is -0.522. The van der Waals surface area contributed by atoms with E-state index >= 15 is 0 Å². The molecule has 0 spiro atoms. The summed E-state index contributed by atoms with van der Waals surface area (Å²) in [4.78, 5) is 62.3. The zero-order chi connectivity index (χ0) is 24.4.